The molecule has 0 spiro atoms. The van der Waals surface area contributed by atoms with Crippen molar-refractivity contribution in [1.82, 2.24) is 24.6 Å². The van der Waals surface area contributed by atoms with Crippen molar-refractivity contribution in [1.29, 1.82) is 0 Å². The van der Waals surface area contributed by atoms with Crippen LogP contribution < -0.4 is 10.5 Å². The van der Waals surface area contributed by atoms with Gasteiger partial charge in [0, 0.05) is 19.2 Å². The number of nitrogens with zero attached hydrogens (tertiary/aromatic N) is 4. The summed E-state index contributed by atoms with van der Waals surface area (Å²) in [6.45, 7) is 5.45. The Morgan fingerprint density at radius 3 is 2.48 bits per heavy atom. The minimum atomic E-state index is -3.79. The number of benzene rings is 1. The van der Waals surface area contributed by atoms with Gasteiger partial charge in [-0.25, -0.2) is 8.42 Å². The molecule has 0 aliphatic rings. The molecule has 0 fully saturated rings. The molecule has 3 rings (SSSR count). The molecule has 0 saturated heterocycles. The van der Waals surface area contributed by atoms with Crippen LogP contribution in [0.1, 0.15) is 35.8 Å². The molecule has 0 amide bonds. The van der Waals surface area contributed by atoms with Gasteiger partial charge in [0.15, 0.2) is 0 Å². The Hall–Kier alpha value is -2.56. The normalized spacial score (nSPS) is 13.1. The highest BCUT2D eigenvalue weighted by Gasteiger charge is 2.28. The summed E-state index contributed by atoms with van der Waals surface area (Å²) in [7, 11) is -2.09. The van der Waals surface area contributed by atoms with E-state index in [-0.39, 0.29) is 10.8 Å². The fourth-order valence-electron chi connectivity index (χ4n) is 2.80. The van der Waals surface area contributed by atoms with E-state index in [0.717, 1.165) is 11.1 Å². The smallest absolute Gasteiger partial charge is 0.244 e. The highest BCUT2D eigenvalue weighted by atomic mass is 32.2. The van der Waals surface area contributed by atoms with Crippen molar-refractivity contribution in [3.05, 3.63) is 47.1 Å². The summed E-state index contributed by atoms with van der Waals surface area (Å²) < 4.78 is 34.9. The quantitative estimate of drug-likeness (QED) is 0.654. The van der Waals surface area contributed by atoms with Gasteiger partial charge in [-0.1, -0.05) is 29.4 Å². The molecule has 0 saturated carbocycles. The lowest BCUT2D eigenvalue weighted by atomic mass is 10.1. The van der Waals surface area contributed by atoms with Crippen molar-refractivity contribution in [3.8, 4) is 11.4 Å². The molecule has 1 atom stereocenters. The summed E-state index contributed by atoms with van der Waals surface area (Å²) in [4.78, 5) is 4.47. The van der Waals surface area contributed by atoms with E-state index >= 15 is 0 Å². The maximum absolute atomic E-state index is 12.8. The molecule has 3 N–H and O–H groups in total. The van der Waals surface area contributed by atoms with Crippen molar-refractivity contribution in [2.75, 3.05) is 0 Å². The maximum Gasteiger partial charge on any atom is 0.244 e. The molecule has 144 valence electrons. The monoisotopic (exact) mass is 390 g/mol. The molecule has 1 aromatic carbocycles. The maximum atomic E-state index is 12.8. The molecule has 0 aliphatic carbocycles. The van der Waals surface area contributed by atoms with E-state index in [1.807, 2.05) is 24.3 Å². The zero-order valence-electron chi connectivity index (χ0n) is 15.6. The van der Waals surface area contributed by atoms with Crippen LogP contribution in [0.2, 0.25) is 0 Å². The van der Waals surface area contributed by atoms with Gasteiger partial charge < -0.3 is 10.3 Å². The molecule has 0 radical (unpaired) electrons. The first-order valence-corrected chi connectivity index (χ1v) is 9.86. The first-order valence-electron chi connectivity index (χ1n) is 8.38. The SMILES string of the molecule is Cc1nn(C)c(C)c1S(=O)(=O)NC(C)c1nc(-c2ccc(CN)cc2)no1. The molecule has 9 nitrogen and oxygen atoms in total. The van der Waals surface area contributed by atoms with E-state index in [1.54, 1.807) is 27.8 Å². The van der Waals surface area contributed by atoms with Crippen LogP contribution in [0.25, 0.3) is 11.4 Å². The highest BCUT2D eigenvalue weighted by Crippen LogP contribution is 2.23. The third-order valence-corrected chi connectivity index (χ3v) is 6.10. The van der Waals surface area contributed by atoms with Gasteiger partial charge in [0.2, 0.25) is 21.7 Å². The second-order valence-electron chi connectivity index (χ2n) is 6.32. The predicted molar refractivity (Wildman–Crippen MR) is 99.0 cm³/mol. The van der Waals surface area contributed by atoms with Crippen LogP contribution in [-0.4, -0.2) is 28.3 Å². The van der Waals surface area contributed by atoms with Gasteiger partial charge in [-0.15, -0.1) is 0 Å². The number of hydrogen-bond donors (Lipinski definition) is 2. The minimum Gasteiger partial charge on any atom is -0.337 e. The van der Waals surface area contributed by atoms with E-state index in [4.69, 9.17) is 10.3 Å². The van der Waals surface area contributed by atoms with E-state index in [0.29, 0.717) is 23.8 Å². The number of nitrogens with two attached hydrogens (primary N) is 1. The molecule has 3 aromatic rings. The van der Waals surface area contributed by atoms with E-state index < -0.39 is 16.1 Å². The van der Waals surface area contributed by atoms with Gasteiger partial charge in [-0.2, -0.15) is 14.8 Å². The molecule has 27 heavy (non-hydrogen) atoms. The lowest BCUT2D eigenvalue weighted by Gasteiger charge is -2.10. The molecular weight excluding hydrogens is 368 g/mol. The van der Waals surface area contributed by atoms with E-state index in [2.05, 4.69) is 20.0 Å². The second-order valence-corrected chi connectivity index (χ2v) is 7.97. The number of sulfonamides is 1. The van der Waals surface area contributed by atoms with Crippen LogP contribution in [0.5, 0.6) is 0 Å². The largest absolute Gasteiger partial charge is 0.337 e. The van der Waals surface area contributed by atoms with Crippen molar-refractivity contribution in [3.63, 3.8) is 0 Å². The van der Waals surface area contributed by atoms with Gasteiger partial charge in [-0.3, -0.25) is 4.68 Å². The van der Waals surface area contributed by atoms with E-state index in [1.165, 1.54) is 4.68 Å². The topological polar surface area (TPSA) is 129 Å². The van der Waals surface area contributed by atoms with Crippen LogP contribution in [0, 0.1) is 13.8 Å². The zero-order valence-corrected chi connectivity index (χ0v) is 16.4. The van der Waals surface area contributed by atoms with Crippen molar-refractivity contribution in [2.45, 2.75) is 38.3 Å². The molecule has 0 aliphatic heterocycles. The van der Waals surface area contributed by atoms with Gasteiger partial charge in [0.25, 0.3) is 0 Å². The molecular formula is C17H22N6O3S. The first-order chi connectivity index (χ1) is 12.7. The van der Waals surface area contributed by atoms with Crippen LogP contribution in [0.4, 0.5) is 0 Å². The minimum absolute atomic E-state index is 0.161. The van der Waals surface area contributed by atoms with Crippen molar-refractivity contribution >= 4 is 10.0 Å². The van der Waals surface area contributed by atoms with E-state index in [9.17, 15) is 8.42 Å². The number of aromatic nitrogens is 4. The number of hydrogen-bond acceptors (Lipinski definition) is 7. The van der Waals surface area contributed by atoms with Gasteiger partial charge in [-0.05, 0) is 26.3 Å². The first kappa shape index (κ1) is 19.2. The Labute approximate surface area is 157 Å². The van der Waals surface area contributed by atoms with Gasteiger partial charge in [0.05, 0.1) is 17.4 Å². The molecule has 0 bridgehead atoms. The van der Waals surface area contributed by atoms with Crippen molar-refractivity contribution < 1.29 is 12.9 Å². The zero-order chi connectivity index (χ0) is 19.8. The fraction of sp³-hybridized carbons (Fsp3) is 0.353. The average Bonchev–Trinajstić information content (AvgIpc) is 3.20. The average molecular weight is 390 g/mol. The predicted octanol–water partition coefficient (Wildman–Crippen LogP) is 1.59. The van der Waals surface area contributed by atoms with Crippen LogP contribution >= 0.6 is 0 Å². The Balaban J connectivity index is 1.82. The summed E-state index contributed by atoms with van der Waals surface area (Å²) in [6, 6.07) is 6.75. The fourth-order valence-corrected chi connectivity index (χ4v) is 4.44. The van der Waals surface area contributed by atoms with Crippen molar-refractivity contribution in [2.24, 2.45) is 12.8 Å². The molecule has 1 unspecified atom stereocenters. The van der Waals surface area contributed by atoms with Gasteiger partial charge in [0.1, 0.15) is 4.90 Å². The standard InChI is InChI=1S/C17H22N6O3S/c1-10-15(12(3)23(4)20-10)27(24,25)22-11(2)17-19-16(21-26-17)14-7-5-13(9-18)6-8-14/h5-8,11,22H,9,18H2,1-4H3. The van der Waals surface area contributed by atoms with Gasteiger partial charge >= 0.3 is 0 Å². The summed E-state index contributed by atoms with van der Waals surface area (Å²) in [5.74, 6) is 0.559. The summed E-state index contributed by atoms with van der Waals surface area (Å²) in [6.07, 6.45) is 0. The number of aryl methyl sites for hydroxylation is 2. The summed E-state index contributed by atoms with van der Waals surface area (Å²) >= 11 is 0. The number of rotatable bonds is 6. The Morgan fingerprint density at radius 1 is 1.26 bits per heavy atom. The summed E-state index contributed by atoms with van der Waals surface area (Å²) in [5.41, 5.74) is 8.33. The molecule has 10 heteroatoms. The Bertz CT molecular complexity index is 1050. The van der Waals surface area contributed by atoms with Crippen LogP contribution in [0.3, 0.4) is 0 Å². The lowest BCUT2D eigenvalue weighted by Crippen LogP contribution is -2.28. The molecule has 2 heterocycles. The highest BCUT2D eigenvalue weighted by molar-refractivity contribution is 7.89. The number of nitrogens with one attached hydrogen (secondary N) is 1. The third kappa shape index (κ3) is 3.77. The second kappa shape index (κ2) is 7.22. The van der Waals surface area contributed by atoms with Crippen LogP contribution in [-0.2, 0) is 23.6 Å². The summed E-state index contributed by atoms with van der Waals surface area (Å²) in [5, 5.41) is 8.09. The molecule has 2 aromatic heterocycles. The third-order valence-electron chi connectivity index (χ3n) is 4.30. The van der Waals surface area contributed by atoms with Crippen LogP contribution in [0.15, 0.2) is 33.7 Å². The Kier molecular flexibility index (Phi) is 5.13. The Morgan fingerprint density at radius 2 is 1.93 bits per heavy atom. The lowest BCUT2D eigenvalue weighted by molar-refractivity contribution is 0.353.